The number of amides is 2. The van der Waals surface area contributed by atoms with Crippen LogP contribution in [-0.4, -0.2) is 36.3 Å². The summed E-state index contributed by atoms with van der Waals surface area (Å²) >= 11 is 6.36. The molecule has 0 radical (unpaired) electrons. The molecule has 0 spiro atoms. The molecule has 2 aromatic carbocycles. The molecule has 148 valence electrons. The first-order valence-electron chi connectivity index (χ1n) is 8.89. The van der Waals surface area contributed by atoms with Crippen LogP contribution in [0.15, 0.2) is 42.5 Å². The number of benzene rings is 2. The third kappa shape index (κ3) is 3.85. The zero-order valence-corrected chi connectivity index (χ0v) is 16.5. The minimum Gasteiger partial charge on any atom is -0.332 e. The predicted molar refractivity (Wildman–Crippen MR) is 108 cm³/mol. The van der Waals surface area contributed by atoms with E-state index < -0.39 is 11.7 Å². The van der Waals surface area contributed by atoms with Crippen LogP contribution in [-0.2, 0) is 9.59 Å². The van der Waals surface area contributed by atoms with E-state index in [-0.39, 0.29) is 36.7 Å². The Morgan fingerprint density at radius 3 is 2.75 bits per heavy atom. The van der Waals surface area contributed by atoms with Crippen LogP contribution in [0, 0.1) is 5.82 Å². The Hall–Kier alpha value is -2.15. The smallest absolute Gasteiger partial charge is 0.231 e. The largest absolute Gasteiger partial charge is 0.332 e. The van der Waals surface area contributed by atoms with Crippen molar-refractivity contribution in [2.24, 2.45) is 0 Å². The van der Waals surface area contributed by atoms with Crippen LogP contribution < -0.4 is 10.6 Å². The quantitative estimate of drug-likeness (QED) is 0.776. The van der Waals surface area contributed by atoms with E-state index in [2.05, 4.69) is 10.6 Å². The van der Waals surface area contributed by atoms with E-state index >= 15 is 0 Å². The molecule has 2 aliphatic heterocycles. The Morgan fingerprint density at radius 1 is 1.18 bits per heavy atom. The minimum atomic E-state index is -0.627. The maximum absolute atomic E-state index is 13.6. The van der Waals surface area contributed by atoms with Gasteiger partial charge in [-0.05, 0) is 29.3 Å². The number of rotatable bonds is 2. The normalized spacial score (nSPS) is 21.4. The third-order valence-corrected chi connectivity index (χ3v) is 5.49. The summed E-state index contributed by atoms with van der Waals surface area (Å²) in [6.45, 7) is 1.77. The van der Waals surface area contributed by atoms with Crippen LogP contribution in [0.25, 0.3) is 0 Å². The Kier molecular flexibility index (Phi) is 6.23. The zero-order chi connectivity index (χ0) is 19.0. The van der Waals surface area contributed by atoms with E-state index in [1.54, 1.807) is 17.0 Å². The van der Waals surface area contributed by atoms with E-state index in [4.69, 9.17) is 11.6 Å². The maximum Gasteiger partial charge on any atom is 0.231 e. The van der Waals surface area contributed by atoms with Crippen LogP contribution in [0.4, 0.5) is 10.1 Å². The molecule has 1 fully saturated rings. The summed E-state index contributed by atoms with van der Waals surface area (Å²) in [5, 5.41) is 6.56. The van der Waals surface area contributed by atoms with Gasteiger partial charge in [0.05, 0.1) is 12.0 Å². The van der Waals surface area contributed by atoms with Gasteiger partial charge in [0.2, 0.25) is 11.8 Å². The highest BCUT2D eigenvalue weighted by atomic mass is 35.5. The summed E-state index contributed by atoms with van der Waals surface area (Å²) in [6.07, 6.45) is 0.0522. The fourth-order valence-corrected chi connectivity index (χ4v) is 4.11. The first-order valence-corrected chi connectivity index (χ1v) is 9.27. The highest BCUT2D eigenvalue weighted by Crippen LogP contribution is 2.37. The van der Waals surface area contributed by atoms with Gasteiger partial charge in [-0.3, -0.25) is 9.59 Å². The highest BCUT2D eigenvalue weighted by molar-refractivity contribution is 6.31. The average Bonchev–Trinajstić information content (AvgIpc) is 2.67. The maximum atomic E-state index is 13.6. The van der Waals surface area contributed by atoms with Crippen molar-refractivity contribution in [1.82, 2.24) is 10.2 Å². The molecule has 8 heteroatoms. The Bertz CT molecular complexity index is 909. The van der Waals surface area contributed by atoms with Crippen molar-refractivity contribution in [2.45, 2.75) is 18.4 Å². The number of fused-ring (bicyclic) bond motifs is 1. The number of hydrogen-bond acceptors (Lipinski definition) is 3. The van der Waals surface area contributed by atoms with E-state index in [1.807, 2.05) is 18.2 Å². The molecule has 2 aromatic rings. The van der Waals surface area contributed by atoms with E-state index in [0.717, 1.165) is 5.56 Å². The second-order valence-electron chi connectivity index (χ2n) is 6.81. The molecule has 0 aromatic heterocycles. The van der Waals surface area contributed by atoms with Gasteiger partial charge in [-0.25, -0.2) is 4.39 Å². The third-order valence-electron chi connectivity index (χ3n) is 5.14. The lowest BCUT2D eigenvalue weighted by Gasteiger charge is -2.39. The molecule has 2 amide bonds. The second-order valence-corrected chi connectivity index (χ2v) is 7.22. The van der Waals surface area contributed by atoms with Crippen LogP contribution >= 0.6 is 24.0 Å². The van der Waals surface area contributed by atoms with Crippen molar-refractivity contribution < 1.29 is 14.0 Å². The number of carbonyl (C=O) groups excluding carboxylic acids is 2. The van der Waals surface area contributed by atoms with Gasteiger partial charge in [-0.2, -0.15) is 0 Å². The topological polar surface area (TPSA) is 61.4 Å². The van der Waals surface area contributed by atoms with Gasteiger partial charge in [0.1, 0.15) is 5.82 Å². The van der Waals surface area contributed by atoms with Gasteiger partial charge in [-0.15, -0.1) is 12.4 Å². The fraction of sp³-hybridized carbons (Fsp3) is 0.300. The molecule has 2 N–H and O–H groups in total. The molecule has 2 atom stereocenters. The molecule has 0 aliphatic carbocycles. The molecule has 4 rings (SSSR count). The SMILES string of the molecule is Cl.O=C1CC(C(=O)N2CCNCC2c2ccccc2Cl)c2ccc(F)cc2N1. The number of carbonyl (C=O) groups is 2. The summed E-state index contributed by atoms with van der Waals surface area (Å²) in [4.78, 5) is 27.3. The molecule has 28 heavy (non-hydrogen) atoms. The minimum absolute atomic E-state index is 0. The predicted octanol–water partition coefficient (Wildman–Crippen LogP) is 3.50. The molecular weight excluding hydrogens is 404 g/mol. The van der Waals surface area contributed by atoms with Crippen LogP contribution in [0.5, 0.6) is 0 Å². The van der Waals surface area contributed by atoms with Gasteiger partial charge in [-0.1, -0.05) is 35.9 Å². The lowest BCUT2D eigenvalue weighted by molar-refractivity contribution is -0.138. The van der Waals surface area contributed by atoms with E-state index in [9.17, 15) is 14.0 Å². The number of piperazine rings is 1. The fourth-order valence-electron chi connectivity index (χ4n) is 3.85. The Labute approximate surface area is 173 Å². The molecule has 2 aliphatic rings. The first-order chi connectivity index (χ1) is 13.0. The standard InChI is InChI=1S/C20H19ClFN3O2.ClH/c21-16-4-2-1-3-14(16)18-11-23-7-8-25(18)20(27)15-10-19(26)24-17-9-12(22)5-6-13(15)17;/h1-6,9,15,18,23H,7-8,10-11H2,(H,24,26);1H. The van der Waals surface area contributed by atoms with Gasteiger partial charge in [0, 0.05) is 36.8 Å². The van der Waals surface area contributed by atoms with E-state index in [0.29, 0.717) is 35.9 Å². The Balaban J connectivity index is 0.00000225. The number of anilines is 1. The van der Waals surface area contributed by atoms with Crippen molar-refractivity contribution in [1.29, 1.82) is 0 Å². The van der Waals surface area contributed by atoms with Crippen molar-refractivity contribution in [3.63, 3.8) is 0 Å². The number of halogens is 3. The first kappa shape index (κ1) is 20.6. The van der Waals surface area contributed by atoms with Gasteiger partial charge in [0.15, 0.2) is 0 Å². The number of nitrogens with zero attached hydrogens (tertiary/aromatic N) is 1. The summed E-state index contributed by atoms with van der Waals surface area (Å²) in [6, 6.07) is 11.4. The van der Waals surface area contributed by atoms with Crippen molar-refractivity contribution in [2.75, 3.05) is 25.0 Å². The Morgan fingerprint density at radius 2 is 1.96 bits per heavy atom. The molecule has 1 saturated heterocycles. The van der Waals surface area contributed by atoms with E-state index in [1.165, 1.54) is 12.1 Å². The number of nitrogens with one attached hydrogen (secondary N) is 2. The molecule has 0 saturated carbocycles. The highest BCUT2D eigenvalue weighted by Gasteiger charge is 2.37. The summed E-state index contributed by atoms with van der Waals surface area (Å²) in [5.74, 6) is -1.49. The lowest BCUT2D eigenvalue weighted by atomic mass is 9.88. The van der Waals surface area contributed by atoms with Crippen LogP contribution in [0.2, 0.25) is 5.02 Å². The number of hydrogen-bond donors (Lipinski definition) is 2. The monoisotopic (exact) mass is 423 g/mol. The van der Waals surface area contributed by atoms with Gasteiger partial charge in [0.25, 0.3) is 0 Å². The second kappa shape index (κ2) is 8.47. The van der Waals surface area contributed by atoms with Crippen molar-refractivity contribution in [3.8, 4) is 0 Å². The van der Waals surface area contributed by atoms with Crippen molar-refractivity contribution >= 4 is 41.5 Å². The molecule has 2 unspecified atom stereocenters. The van der Waals surface area contributed by atoms with Crippen molar-refractivity contribution in [3.05, 3.63) is 64.4 Å². The summed E-state index contributed by atoms with van der Waals surface area (Å²) < 4.78 is 13.6. The van der Waals surface area contributed by atoms with Gasteiger partial charge < -0.3 is 15.5 Å². The molecular formula is C20H20Cl2FN3O2. The lowest BCUT2D eigenvalue weighted by Crippen LogP contribution is -2.50. The molecule has 0 bridgehead atoms. The molecule has 2 heterocycles. The van der Waals surface area contributed by atoms with Gasteiger partial charge >= 0.3 is 0 Å². The summed E-state index contributed by atoms with van der Waals surface area (Å²) in [7, 11) is 0. The van der Waals surface area contributed by atoms with Crippen LogP contribution in [0.3, 0.4) is 0 Å². The molecule has 5 nitrogen and oxygen atoms in total. The van der Waals surface area contributed by atoms with Crippen LogP contribution in [0.1, 0.15) is 29.5 Å². The average molecular weight is 424 g/mol. The zero-order valence-electron chi connectivity index (χ0n) is 15.0. The summed E-state index contributed by atoms with van der Waals surface area (Å²) in [5.41, 5.74) is 1.89.